The number of alkyl carbamates (subject to hydrolysis) is 1. The van der Waals surface area contributed by atoms with Gasteiger partial charge < -0.3 is 29.7 Å². The highest BCUT2D eigenvalue weighted by molar-refractivity contribution is 5.97. The molecule has 12 heteroatoms. The SMILES string of the molecule is CCOC(=O)C12CC1C=CCCCCCC(NC(=O)OC(C)(C)C)C(=O)N1CC3(CCc4c(c(C)nc5ccc(C#N)cc45)O3)CC1C(=O)N2. The van der Waals surface area contributed by atoms with Crippen molar-refractivity contribution in [2.24, 2.45) is 5.92 Å². The molecule has 4 heterocycles. The number of rotatable bonds is 3. The van der Waals surface area contributed by atoms with Gasteiger partial charge in [-0.2, -0.15) is 5.26 Å². The van der Waals surface area contributed by atoms with Gasteiger partial charge in [0.25, 0.3) is 0 Å². The molecule has 1 saturated carbocycles. The first kappa shape index (κ1) is 35.2. The lowest BCUT2D eigenvalue weighted by Gasteiger charge is -2.36. The van der Waals surface area contributed by atoms with Crippen molar-refractivity contribution < 1.29 is 33.4 Å². The minimum absolute atomic E-state index is 0.0985. The van der Waals surface area contributed by atoms with Crippen LogP contribution < -0.4 is 15.4 Å². The summed E-state index contributed by atoms with van der Waals surface area (Å²) in [5, 5.41) is 16.2. The van der Waals surface area contributed by atoms with Gasteiger partial charge in [-0.25, -0.2) is 14.6 Å². The van der Waals surface area contributed by atoms with E-state index in [1.165, 1.54) is 4.90 Å². The van der Waals surface area contributed by atoms with Crippen molar-refractivity contribution >= 4 is 34.8 Å². The first-order valence-corrected chi connectivity index (χ1v) is 17.8. The van der Waals surface area contributed by atoms with Gasteiger partial charge in [0.05, 0.1) is 36.0 Å². The summed E-state index contributed by atoms with van der Waals surface area (Å²) in [7, 11) is 0. The Hall–Kier alpha value is -4.66. The van der Waals surface area contributed by atoms with E-state index in [1.807, 2.05) is 31.2 Å². The molecule has 3 aliphatic heterocycles. The molecule has 5 unspecified atom stereocenters. The fourth-order valence-corrected chi connectivity index (χ4v) is 7.66. The molecule has 266 valence electrons. The highest BCUT2D eigenvalue weighted by Gasteiger charge is 2.63. The zero-order valence-corrected chi connectivity index (χ0v) is 29.6. The van der Waals surface area contributed by atoms with Crippen molar-refractivity contribution in [2.45, 2.75) is 121 Å². The Bertz CT molecular complexity index is 1780. The number of carbonyl (C=O) groups is 4. The Morgan fingerprint density at radius 1 is 1.20 bits per heavy atom. The molecule has 6 rings (SSSR count). The van der Waals surface area contributed by atoms with Crippen molar-refractivity contribution in [3.63, 3.8) is 0 Å². The molecule has 1 saturated heterocycles. The van der Waals surface area contributed by atoms with Crippen molar-refractivity contribution in [1.82, 2.24) is 20.5 Å². The second-order valence-electron chi connectivity index (χ2n) is 15.1. The van der Waals surface area contributed by atoms with Crippen LogP contribution in [0.5, 0.6) is 5.75 Å². The van der Waals surface area contributed by atoms with E-state index in [0.717, 1.165) is 35.7 Å². The standard InChI is InChI=1S/C38H47N5O7/c1-6-48-34(46)38-19-25(38)12-10-8-7-9-11-13-29(41-35(47)50-36(3,4)5)33(45)43-22-37(20-30(43)32(44)42-38)17-16-26-27-18-24(21-39)14-15-28(27)40-23(2)31(26)49-37/h10,12,14-15,18,25,29-30H,6-9,11,13,16-17,19-20,22H2,1-5H3,(H,41,47)(H,42,44). The number of esters is 1. The number of nitrogens with one attached hydrogen (secondary N) is 2. The predicted octanol–water partition coefficient (Wildman–Crippen LogP) is 4.93. The van der Waals surface area contributed by atoms with Gasteiger partial charge in [-0.1, -0.05) is 25.0 Å². The van der Waals surface area contributed by atoms with E-state index in [1.54, 1.807) is 33.8 Å². The van der Waals surface area contributed by atoms with E-state index in [9.17, 15) is 24.4 Å². The third-order valence-electron chi connectivity index (χ3n) is 10.2. The number of amides is 3. The zero-order valence-electron chi connectivity index (χ0n) is 29.6. The Kier molecular flexibility index (Phi) is 9.55. The number of ether oxygens (including phenoxy) is 3. The number of allylic oxidation sites excluding steroid dienone is 1. The number of hydrogen-bond acceptors (Lipinski definition) is 9. The van der Waals surface area contributed by atoms with Crippen LogP contribution in [0.4, 0.5) is 4.79 Å². The second-order valence-corrected chi connectivity index (χ2v) is 15.1. The minimum atomic E-state index is -1.21. The van der Waals surface area contributed by atoms with E-state index >= 15 is 0 Å². The van der Waals surface area contributed by atoms with Crippen LogP contribution in [-0.4, -0.2) is 75.7 Å². The van der Waals surface area contributed by atoms with Crippen molar-refractivity contribution in [2.75, 3.05) is 13.2 Å². The Morgan fingerprint density at radius 3 is 2.74 bits per heavy atom. The lowest BCUT2D eigenvalue weighted by Crippen LogP contribution is -2.57. The fourth-order valence-electron chi connectivity index (χ4n) is 7.66. The normalized spacial score (nSPS) is 28.2. The van der Waals surface area contributed by atoms with Crippen molar-refractivity contribution in [3.8, 4) is 11.8 Å². The Balaban J connectivity index is 1.36. The summed E-state index contributed by atoms with van der Waals surface area (Å²) in [6, 6.07) is 5.68. The molecule has 2 N–H and O–H groups in total. The number of carbonyl (C=O) groups excluding carboxylic acids is 4. The van der Waals surface area contributed by atoms with E-state index in [4.69, 9.17) is 19.2 Å². The van der Waals surface area contributed by atoms with Gasteiger partial charge in [0.2, 0.25) is 11.8 Å². The van der Waals surface area contributed by atoms with Gasteiger partial charge in [-0.3, -0.25) is 9.59 Å². The molecule has 3 amide bonds. The van der Waals surface area contributed by atoms with E-state index in [2.05, 4.69) is 16.7 Å². The molecule has 12 nitrogen and oxygen atoms in total. The van der Waals surface area contributed by atoms with E-state index in [-0.39, 0.29) is 25.5 Å². The molecular weight excluding hydrogens is 638 g/mol. The number of aromatic nitrogens is 1. The number of aryl methyl sites for hydroxylation is 2. The molecule has 4 aliphatic rings. The summed E-state index contributed by atoms with van der Waals surface area (Å²) in [6.07, 6.45) is 8.54. The zero-order chi connectivity index (χ0) is 35.8. The van der Waals surface area contributed by atoms with Gasteiger partial charge in [0.15, 0.2) is 0 Å². The van der Waals surface area contributed by atoms with Crippen LogP contribution in [0.3, 0.4) is 0 Å². The van der Waals surface area contributed by atoms with Gasteiger partial charge in [-0.05, 0) is 91.3 Å². The fraction of sp³-hybridized carbons (Fsp3) is 0.579. The molecule has 1 aromatic heterocycles. The number of benzene rings is 1. The van der Waals surface area contributed by atoms with Crippen LogP contribution >= 0.6 is 0 Å². The average molecular weight is 686 g/mol. The van der Waals surface area contributed by atoms with Gasteiger partial charge in [-0.15, -0.1) is 0 Å². The van der Waals surface area contributed by atoms with Crippen LogP contribution in [0, 0.1) is 24.2 Å². The van der Waals surface area contributed by atoms with Gasteiger partial charge >= 0.3 is 12.1 Å². The summed E-state index contributed by atoms with van der Waals surface area (Å²) in [5.74, 6) is -0.982. The van der Waals surface area contributed by atoms with E-state index < -0.39 is 52.7 Å². The minimum Gasteiger partial charge on any atom is -0.483 e. The predicted molar refractivity (Wildman–Crippen MR) is 184 cm³/mol. The third-order valence-corrected chi connectivity index (χ3v) is 10.2. The Labute approximate surface area is 292 Å². The molecule has 1 aliphatic carbocycles. The van der Waals surface area contributed by atoms with Crippen LogP contribution in [0.15, 0.2) is 30.4 Å². The molecular formula is C38H47N5O7. The number of fused-ring (bicyclic) bond motifs is 5. The van der Waals surface area contributed by atoms with Gasteiger partial charge in [0.1, 0.15) is 34.6 Å². The van der Waals surface area contributed by atoms with Gasteiger partial charge in [0, 0.05) is 23.3 Å². The summed E-state index contributed by atoms with van der Waals surface area (Å²) in [4.78, 5) is 61.5. The maximum Gasteiger partial charge on any atom is 0.408 e. The van der Waals surface area contributed by atoms with Crippen LogP contribution in [0.1, 0.15) is 95.9 Å². The third kappa shape index (κ3) is 7.00. The van der Waals surface area contributed by atoms with E-state index in [0.29, 0.717) is 49.1 Å². The summed E-state index contributed by atoms with van der Waals surface area (Å²) in [6.45, 7) is 9.14. The molecule has 2 aromatic rings. The highest BCUT2D eigenvalue weighted by Crippen LogP contribution is 2.48. The van der Waals surface area contributed by atoms with Crippen LogP contribution in [-0.2, 0) is 30.3 Å². The van der Waals surface area contributed by atoms with Crippen molar-refractivity contribution in [1.29, 1.82) is 5.26 Å². The Morgan fingerprint density at radius 2 is 2.00 bits per heavy atom. The lowest BCUT2D eigenvalue weighted by atomic mass is 9.87. The lowest BCUT2D eigenvalue weighted by molar-refractivity contribution is -0.150. The smallest absolute Gasteiger partial charge is 0.408 e. The first-order valence-electron chi connectivity index (χ1n) is 17.8. The summed E-state index contributed by atoms with van der Waals surface area (Å²) in [5.41, 5.74) is -0.00756. The number of hydrogen-bond donors (Lipinski definition) is 2. The molecule has 5 atom stereocenters. The van der Waals surface area contributed by atoms with Crippen molar-refractivity contribution in [3.05, 3.63) is 47.2 Å². The first-order chi connectivity index (χ1) is 23.8. The summed E-state index contributed by atoms with van der Waals surface area (Å²) >= 11 is 0. The second kappa shape index (κ2) is 13.6. The topological polar surface area (TPSA) is 160 Å². The largest absolute Gasteiger partial charge is 0.483 e. The molecule has 50 heavy (non-hydrogen) atoms. The monoisotopic (exact) mass is 685 g/mol. The highest BCUT2D eigenvalue weighted by atomic mass is 16.6. The summed E-state index contributed by atoms with van der Waals surface area (Å²) < 4.78 is 17.8. The number of pyridine rings is 1. The van der Waals surface area contributed by atoms with Crippen LogP contribution in [0.25, 0.3) is 10.9 Å². The maximum atomic E-state index is 14.6. The molecule has 0 bridgehead atoms. The number of nitrogens with zero attached hydrogens (tertiary/aromatic N) is 3. The quantitative estimate of drug-likeness (QED) is 0.337. The maximum absolute atomic E-state index is 14.6. The molecule has 1 spiro atoms. The molecule has 1 aromatic carbocycles. The average Bonchev–Trinajstić information content (AvgIpc) is 3.64. The molecule has 2 fully saturated rings. The number of nitriles is 1. The van der Waals surface area contributed by atoms with Crippen LogP contribution in [0.2, 0.25) is 0 Å². The molecule has 0 radical (unpaired) electrons.